The van der Waals surface area contributed by atoms with E-state index in [-0.39, 0.29) is 12.1 Å². The number of primary amides is 1. The minimum absolute atomic E-state index is 0.0951. The smallest absolute Gasteiger partial charge is 0.249 e. The van der Waals surface area contributed by atoms with Crippen LogP contribution < -0.4 is 5.73 Å². The second-order valence-corrected chi connectivity index (χ2v) is 7.38. The Morgan fingerprint density at radius 3 is 2.45 bits per heavy atom. The molecule has 0 fully saturated rings. The van der Waals surface area contributed by atoms with Crippen molar-refractivity contribution >= 4 is 27.7 Å². The van der Waals surface area contributed by atoms with Gasteiger partial charge < -0.3 is 10.3 Å². The summed E-state index contributed by atoms with van der Waals surface area (Å²) < 4.78 is 30.2. The fourth-order valence-electron chi connectivity index (χ4n) is 4.07. The lowest BCUT2D eigenvalue weighted by Gasteiger charge is -2.10. The first-order chi connectivity index (χ1) is 15.0. The van der Waals surface area contributed by atoms with E-state index >= 15 is 0 Å². The molecule has 4 aromatic carbocycles. The Balaban J connectivity index is 1.83. The molecule has 5 heteroatoms. The molecule has 0 unspecified atom stereocenters. The normalized spacial score (nSPS) is 11.3. The lowest BCUT2D eigenvalue weighted by molar-refractivity contribution is 0.100. The van der Waals surface area contributed by atoms with Crippen molar-refractivity contribution in [2.24, 2.45) is 5.73 Å². The third-order valence-corrected chi connectivity index (χ3v) is 5.53. The summed E-state index contributed by atoms with van der Waals surface area (Å²) in [6.07, 6.45) is 0. The van der Waals surface area contributed by atoms with Gasteiger partial charge in [0.05, 0.1) is 17.6 Å². The zero-order valence-corrected chi connectivity index (χ0v) is 16.4. The maximum atomic E-state index is 14.5. The predicted molar refractivity (Wildman–Crippen MR) is 118 cm³/mol. The topological polar surface area (TPSA) is 48.0 Å². The number of fused-ring (bicyclic) bond motifs is 3. The van der Waals surface area contributed by atoms with E-state index in [1.165, 1.54) is 6.07 Å². The highest BCUT2D eigenvalue weighted by Crippen LogP contribution is 2.35. The molecule has 1 radical (unpaired) electrons. The van der Waals surface area contributed by atoms with Gasteiger partial charge in [0, 0.05) is 21.9 Å². The van der Waals surface area contributed by atoms with Crippen molar-refractivity contribution in [1.82, 2.24) is 4.57 Å². The molecule has 151 valence electrons. The molecule has 0 aliphatic rings. The fourth-order valence-corrected chi connectivity index (χ4v) is 4.07. The Kier molecular flexibility index (Phi) is 4.51. The van der Waals surface area contributed by atoms with Gasteiger partial charge in [-0.1, -0.05) is 48.5 Å². The zero-order valence-electron chi connectivity index (χ0n) is 16.4. The highest BCUT2D eigenvalue weighted by Gasteiger charge is 2.19. The first kappa shape index (κ1) is 19.0. The summed E-state index contributed by atoms with van der Waals surface area (Å²) in [5, 5.41) is 1.36. The van der Waals surface area contributed by atoms with Crippen molar-refractivity contribution in [2.45, 2.75) is 6.54 Å². The van der Waals surface area contributed by atoms with Crippen LogP contribution in [0.1, 0.15) is 15.9 Å². The van der Waals surface area contributed by atoms with Crippen LogP contribution in [0.3, 0.4) is 0 Å². The minimum atomic E-state index is -0.896. The molecule has 0 aliphatic heterocycles. The highest BCUT2D eigenvalue weighted by atomic mass is 19.2. The summed E-state index contributed by atoms with van der Waals surface area (Å²) in [7, 11) is 0. The van der Waals surface area contributed by atoms with Crippen molar-refractivity contribution in [1.29, 1.82) is 0 Å². The van der Waals surface area contributed by atoms with Crippen LogP contribution in [0.2, 0.25) is 0 Å². The molecule has 1 aromatic heterocycles. The van der Waals surface area contributed by atoms with Gasteiger partial charge in [0.1, 0.15) is 0 Å². The van der Waals surface area contributed by atoms with Gasteiger partial charge in [-0.3, -0.25) is 4.79 Å². The molecule has 1 amide bonds. The van der Waals surface area contributed by atoms with Crippen LogP contribution in [-0.4, -0.2) is 10.5 Å². The SMILES string of the molecule is NC(=O)c1cccc2c1c1[c]cc(-c3ccccc3)cc1n2Cc1cccc(F)c1F. The Morgan fingerprint density at radius 2 is 1.68 bits per heavy atom. The van der Waals surface area contributed by atoms with Crippen LogP contribution in [-0.2, 0) is 6.54 Å². The molecule has 3 nitrogen and oxygen atoms in total. The molecule has 0 aliphatic carbocycles. The number of nitrogens with two attached hydrogens (primary N) is 1. The number of nitrogens with zero attached hydrogens (tertiary/aromatic N) is 1. The van der Waals surface area contributed by atoms with Crippen LogP contribution in [0.5, 0.6) is 0 Å². The number of amides is 1. The van der Waals surface area contributed by atoms with E-state index in [2.05, 4.69) is 6.07 Å². The van der Waals surface area contributed by atoms with E-state index in [4.69, 9.17) is 5.73 Å². The van der Waals surface area contributed by atoms with Crippen molar-refractivity contribution in [3.05, 3.63) is 108 Å². The number of hydrogen-bond donors (Lipinski definition) is 1. The third kappa shape index (κ3) is 3.15. The minimum Gasteiger partial charge on any atom is -0.366 e. The van der Waals surface area contributed by atoms with E-state index in [0.717, 1.165) is 22.7 Å². The monoisotopic (exact) mass is 411 g/mol. The number of rotatable bonds is 4. The Hall–Kier alpha value is -3.99. The molecular formula is C26H17F2N2O. The van der Waals surface area contributed by atoms with Crippen LogP contribution in [0.15, 0.2) is 78.9 Å². The first-order valence-corrected chi connectivity index (χ1v) is 9.79. The van der Waals surface area contributed by atoms with Gasteiger partial charge in [0.2, 0.25) is 5.91 Å². The molecular weight excluding hydrogens is 394 g/mol. The summed E-state index contributed by atoms with van der Waals surface area (Å²) in [4.78, 5) is 12.1. The van der Waals surface area contributed by atoms with Crippen LogP contribution in [0.4, 0.5) is 8.78 Å². The molecule has 0 atom stereocenters. The van der Waals surface area contributed by atoms with E-state index < -0.39 is 17.5 Å². The van der Waals surface area contributed by atoms with Gasteiger partial charge in [0.15, 0.2) is 11.6 Å². The lowest BCUT2D eigenvalue weighted by atomic mass is 10.0. The van der Waals surface area contributed by atoms with Gasteiger partial charge in [-0.2, -0.15) is 0 Å². The van der Waals surface area contributed by atoms with E-state index in [1.54, 1.807) is 18.2 Å². The maximum Gasteiger partial charge on any atom is 0.249 e. The molecule has 5 aromatic rings. The highest BCUT2D eigenvalue weighted by molar-refractivity contribution is 6.18. The zero-order chi connectivity index (χ0) is 21.5. The summed E-state index contributed by atoms with van der Waals surface area (Å²) >= 11 is 0. The number of carbonyl (C=O) groups is 1. The number of aromatic nitrogens is 1. The van der Waals surface area contributed by atoms with Crippen molar-refractivity contribution in [3.8, 4) is 11.1 Å². The lowest BCUT2D eigenvalue weighted by Crippen LogP contribution is -2.11. The van der Waals surface area contributed by atoms with Crippen molar-refractivity contribution < 1.29 is 13.6 Å². The number of benzene rings is 4. The molecule has 0 spiro atoms. The number of halogens is 2. The Bertz CT molecular complexity index is 1460. The standard InChI is InChI=1S/C26H17F2N2O/c27-21-10-4-8-18(25(21)28)15-30-22-11-5-9-20(26(29)31)24(22)19-13-12-17(14-23(19)30)16-6-2-1-3-7-16/h1-12,14H,15H2,(H2,29,31). The Labute approximate surface area is 177 Å². The van der Waals surface area contributed by atoms with E-state index in [9.17, 15) is 13.6 Å². The van der Waals surface area contributed by atoms with E-state index in [0.29, 0.717) is 21.9 Å². The summed E-state index contributed by atoms with van der Waals surface area (Å²) in [6, 6.07) is 26.3. The average molecular weight is 411 g/mol. The van der Waals surface area contributed by atoms with Gasteiger partial charge in [-0.15, -0.1) is 0 Å². The van der Waals surface area contributed by atoms with Crippen molar-refractivity contribution in [3.63, 3.8) is 0 Å². The fraction of sp³-hybridized carbons (Fsp3) is 0.0385. The average Bonchev–Trinajstić information content (AvgIpc) is 3.10. The van der Waals surface area contributed by atoms with Gasteiger partial charge in [-0.05, 0) is 47.5 Å². The maximum absolute atomic E-state index is 14.5. The molecule has 2 N–H and O–H groups in total. The summed E-state index contributed by atoms with van der Waals surface area (Å²) in [5.41, 5.74) is 9.60. The van der Waals surface area contributed by atoms with Crippen molar-refractivity contribution in [2.75, 3.05) is 0 Å². The van der Waals surface area contributed by atoms with Gasteiger partial charge >= 0.3 is 0 Å². The van der Waals surface area contributed by atoms with Crippen LogP contribution in [0.25, 0.3) is 32.9 Å². The second-order valence-electron chi connectivity index (χ2n) is 7.38. The third-order valence-electron chi connectivity index (χ3n) is 5.53. The number of carbonyl (C=O) groups excluding carboxylic acids is 1. The van der Waals surface area contributed by atoms with E-state index in [1.807, 2.05) is 53.1 Å². The first-order valence-electron chi connectivity index (χ1n) is 9.79. The summed E-state index contributed by atoms with van der Waals surface area (Å²) in [6.45, 7) is 0.0951. The molecule has 0 bridgehead atoms. The van der Waals surface area contributed by atoms with Crippen LogP contribution in [0, 0.1) is 17.7 Å². The van der Waals surface area contributed by atoms with Gasteiger partial charge in [0.25, 0.3) is 0 Å². The molecule has 5 rings (SSSR count). The van der Waals surface area contributed by atoms with Crippen LogP contribution >= 0.6 is 0 Å². The molecule has 31 heavy (non-hydrogen) atoms. The Morgan fingerprint density at radius 1 is 0.903 bits per heavy atom. The quantitative estimate of drug-likeness (QED) is 0.406. The summed E-state index contributed by atoms with van der Waals surface area (Å²) in [5.74, 6) is -2.33. The molecule has 0 saturated heterocycles. The largest absolute Gasteiger partial charge is 0.366 e. The molecule has 0 saturated carbocycles. The second kappa shape index (κ2) is 7.36. The van der Waals surface area contributed by atoms with Gasteiger partial charge in [-0.25, -0.2) is 8.78 Å². The molecule has 1 heterocycles. The predicted octanol–water partition coefficient (Wildman–Crippen LogP) is 5.69. The number of hydrogen-bond acceptors (Lipinski definition) is 1.